The first-order valence-electron chi connectivity index (χ1n) is 9.09. The van der Waals surface area contributed by atoms with Crippen molar-refractivity contribution >= 4 is 11.0 Å². The topological polar surface area (TPSA) is 30.3 Å². The summed E-state index contributed by atoms with van der Waals surface area (Å²) >= 11 is 0. The van der Waals surface area contributed by atoms with Crippen LogP contribution in [0.4, 0.5) is 8.78 Å². The van der Waals surface area contributed by atoms with Gasteiger partial charge in [-0.25, -0.2) is 4.98 Å². The summed E-state index contributed by atoms with van der Waals surface area (Å²) in [6, 6.07) is 14.8. The van der Waals surface area contributed by atoms with E-state index in [9.17, 15) is 8.78 Å². The van der Waals surface area contributed by atoms with Crippen LogP contribution in [0.25, 0.3) is 11.0 Å². The average Bonchev–Trinajstić information content (AvgIpc) is 3.07. The number of aromatic nitrogens is 2. The van der Waals surface area contributed by atoms with Crippen LogP contribution in [0.2, 0.25) is 0 Å². The normalized spacial score (nSPS) is 12.9. The fourth-order valence-electron chi connectivity index (χ4n) is 3.28. The van der Waals surface area contributed by atoms with Gasteiger partial charge in [-0.1, -0.05) is 24.3 Å². The Balaban J connectivity index is 1.67. The second-order valence-corrected chi connectivity index (χ2v) is 6.71. The molecule has 1 aromatic heterocycles. The molecule has 0 fully saturated rings. The minimum Gasteiger partial charge on any atom is -0.497 e. The summed E-state index contributed by atoms with van der Waals surface area (Å²) < 4.78 is 33.5. The minimum atomic E-state index is -2.61. The zero-order chi connectivity index (χ0) is 19.4. The van der Waals surface area contributed by atoms with E-state index in [1.165, 1.54) is 5.56 Å². The molecule has 144 valence electrons. The van der Waals surface area contributed by atoms with Gasteiger partial charge in [0.15, 0.2) is 0 Å². The van der Waals surface area contributed by atoms with Gasteiger partial charge in [-0.15, -0.1) is 0 Å². The second kappa shape index (κ2) is 8.48. The molecule has 3 rings (SSSR count). The molecule has 0 radical (unpaired) electrons. The molecule has 1 unspecified atom stereocenters. The van der Waals surface area contributed by atoms with Crippen molar-refractivity contribution in [3.05, 3.63) is 59.9 Å². The molecule has 4 nitrogen and oxygen atoms in total. The number of fused-ring (bicyclic) bond motifs is 1. The number of halogens is 2. The molecular weight excluding hydrogens is 348 g/mol. The third kappa shape index (κ3) is 4.27. The lowest BCUT2D eigenvalue weighted by Gasteiger charge is -2.25. The molecule has 0 spiro atoms. The van der Waals surface area contributed by atoms with E-state index in [4.69, 9.17) is 4.74 Å². The Kier molecular flexibility index (Phi) is 6.06. The number of imidazole rings is 1. The number of hydrogen-bond donors (Lipinski definition) is 0. The molecule has 0 saturated heterocycles. The lowest BCUT2D eigenvalue weighted by atomic mass is 10.1. The maximum absolute atomic E-state index is 13.6. The summed E-state index contributed by atoms with van der Waals surface area (Å²) in [7, 11) is 3.60. The molecule has 0 aliphatic rings. The Morgan fingerprint density at radius 3 is 2.48 bits per heavy atom. The molecule has 0 amide bonds. The van der Waals surface area contributed by atoms with E-state index in [-0.39, 0.29) is 6.04 Å². The standard InChI is InChI=1S/C21H25F2N3O/c1-15(20-24-18-8-4-5-9-19(18)26(20)21(22)23)25(2)14-6-7-16-10-12-17(27-3)13-11-16/h4-5,8-13,15,21H,6-7,14H2,1-3H3. The molecule has 2 aromatic carbocycles. The summed E-state index contributed by atoms with van der Waals surface area (Å²) in [6.45, 7) is 0.107. The Bertz CT molecular complexity index is 877. The van der Waals surface area contributed by atoms with Crippen LogP contribution >= 0.6 is 0 Å². The minimum absolute atomic E-state index is 0.206. The molecule has 1 heterocycles. The Morgan fingerprint density at radius 1 is 1.11 bits per heavy atom. The van der Waals surface area contributed by atoms with Gasteiger partial charge in [-0.3, -0.25) is 9.47 Å². The van der Waals surface area contributed by atoms with Crippen molar-refractivity contribution in [3.63, 3.8) is 0 Å². The van der Waals surface area contributed by atoms with Crippen LogP contribution in [-0.4, -0.2) is 35.2 Å². The lowest BCUT2D eigenvalue weighted by molar-refractivity contribution is 0.0660. The van der Waals surface area contributed by atoms with Crippen LogP contribution in [0, 0.1) is 0 Å². The first-order valence-corrected chi connectivity index (χ1v) is 9.09. The molecule has 0 saturated carbocycles. The lowest BCUT2D eigenvalue weighted by Crippen LogP contribution is -2.26. The fourth-order valence-corrected chi connectivity index (χ4v) is 3.28. The third-order valence-corrected chi connectivity index (χ3v) is 4.99. The number of para-hydroxylation sites is 2. The van der Waals surface area contributed by atoms with Crippen molar-refractivity contribution in [1.29, 1.82) is 0 Å². The number of nitrogens with zero attached hydrogens (tertiary/aromatic N) is 3. The fraction of sp³-hybridized carbons (Fsp3) is 0.381. The summed E-state index contributed by atoms with van der Waals surface area (Å²) in [5.74, 6) is 1.24. The largest absolute Gasteiger partial charge is 0.497 e. The maximum Gasteiger partial charge on any atom is 0.320 e. The summed E-state index contributed by atoms with van der Waals surface area (Å²) in [6.07, 6.45) is 1.86. The number of aryl methyl sites for hydroxylation is 1. The van der Waals surface area contributed by atoms with E-state index < -0.39 is 6.55 Å². The summed E-state index contributed by atoms with van der Waals surface area (Å²) in [5, 5.41) is 0. The number of hydrogen-bond acceptors (Lipinski definition) is 3. The van der Waals surface area contributed by atoms with Crippen molar-refractivity contribution in [3.8, 4) is 5.75 Å². The second-order valence-electron chi connectivity index (χ2n) is 6.71. The van der Waals surface area contributed by atoms with Crippen LogP contribution in [0.15, 0.2) is 48.5 Å². The van der Waals surface area contributed by atoms with Gasteiger partial charge in [-0.2, -0.15) is 8.78 Å². The van der Waals surface area contributed by atoms with Gasteiger partial charge in [0.05, 0.1) is 24.2 Å². The first-order chi connectivity index (χ1) is 13.0. The third-order valence-electron chi connectivity index (χ3n) is 4.99. The maximum atomic E-state index is 13.6. The zero-order valence-electron chi connectivity index (χ0n) is 15.9. The quantitative estimate of drug-likeness (QED) is 0.552. The van der Waals surface area contributed by atoms with Gasteiger partial charge in [-0.05, 0) is 63.2 Å². The number of rotatable bonds is 8. The van der Waals surface area contributed by atoms with Gasteiger partial charge < -0.3 is 4.74 Å². The van der Waals surface area contributed by atoms with E-state index in [0.717, 1.165) is 29.7 Å². The summed E-state index contributed by atoms with van der Waals surface area (Å²) in [4.78, 5) is 6.54. The Labute approximate surface area is 158 Å². The highest BCUT2D eigenvalue weighted by Crippen LogP contribution is 2.28. The highest BCUT2D eigenvalue weighted by Gasteiger charge is 2.23. The van der Waals surface area contributed by atoms with Gasteiger partial charge >= 0.3 is 6.55 Å². The Morgan fingerprint density at radius 2 is 1.81 bits per heavy atom. The number of ether oxygens (including phenoxy) is 1. The highest BCUT2D eigenvalue weighted by atomic mass is 19.3. The summed E-state index contributed by atoms with van der Waals surface area (Å²) in [5.41, 5.74) is 2.31. The molecule has 27 heavy (non-hydrogen) atoms. The zero-order valence-corrected chi connectivity index (χ0v) is 15.9. The molecule has 3 aromatic rings. The van der Waals surface area contributed by atoms with Gasteiger partial charge in [0.2, 0.25) is 0 Å². The van der Waals surface area contributed by atoms with Gasteiger partial charge in [0, 0.05) is 0 Å². The van der Waals surface area contributed by atoms with E-state index in [1.807, 2.05) is 32.2 Å². The number of methoxy groups -OCH3 is 1. The van der Waals surface area contributed by atoms with Crippen LogP contribution in [0.5, 0.6) is 5.75 Å². The van der Waals surface area contributed by atoms with Gasteiger partial charge in [0.25, 0.3) is 0 Å². The van der Waals surface area contributed by atoms with Gasteiger partial charge in [0.1, 0.15) is 11.6 Å². The number of benzene rings is 2. The number of alkyl halides is 2. The smallest absolute Gasteiger partial charge is 0.320 e. The SMILES string of the molecule is COc1ccc(CCCN(C)C(C)c2nc3ccccc3n2C(F)F)cc1. The van der Waals surface area contributed by atoms with Crippen molar-refractivity contribution in [2.24, 2.45) is 0 Å². The molecule has 1 atom stereocenters. The van der Waals surface area contributed by atoms with Crippen molar-refractivity contribution in [2.45, 2.75) is 32.4 Å². The first kappa shape index (κ1) is 19.3. The molecule has 0 N–H and O–H groups in total. The molecule has 6 heteroatoms. The van der Waals surface area contributed by atoms with Crippen LogP contribution in [-0.2, 0) is 6.42 Å². The van der Waals surface area contributed by atoms with E-state index in [0.29, 0.717) is 16.9 Å². The molecule has 0 aliphatic carbocycles. The van der Waals surface area contributed by atoms with E-state index in [1.54, 1.807) is 25.3 Å². The van der Waals surface area contributed by atoms with E-state index >= 15 is 0 Å². The average molecular weight is 373 g/mol. The molecular formula is C21H25F2N3O. The highest BCUT2D eigenvalue weighted by molar-refractivity contribution is 5.76. The molecule has 0 aliphatic heterocycles. The van der Waals surface area contributed by atoms with Crippen molar-refractivity contribution < 1.29 is 13.5 Å². The van der Waals surface area contributed by atoms with Crippen LogP contribution in [0.1, 0.15) is 37.3 Å². The van der Waals surface area contributed by atoms with E-state index in [2.05, 4.69) is 22.0 Å². The van der Waals surface area contributed by atoms with Crippen molar-refractivity contribution in [1.82, 2.24) is 14.5 Å². The Hall–Kier alpha value is -2.47. The molecule has 0 bridgehead atoms. The predicted molar refractivity (Wildman–Crippen MR) is 103 cm³/mol. The monoisotopic (exact) mass is 373 g/mol. The van der Waals surface area contributed by atoms with Crippen molar-refractivity contribution in [2.75, 3.05) is 20.7 Å². The predicted octanol–water partition coefficient (Wildman–Crippen LogP) is 5.07. The van der Waals surface area contributed by atoms with Crippen LogP contribution in [0.3, 0.4) is 0 Å². The van der Waals surface area contributed by atoms with Crippen LogP contribution < -0.4 is 4.74 Å².